The third-order valence-electron chi connectivity index (χ3n) is 3.20. The Labute approximate surface area is 148 Å². The number of halogens is 1. The molecule has 0 atom stereocenters. The second-order valence-corrected chi connectivity index (χ2v) is 6.05. The molecule has 1 N–H and O–H groups in total. The minimum absolute atomic E-state index is 0.0425. The van der Waals surface area contributed by atoms with Gasteiger partial charge in [-0.2, -0.15) is 5.26 Å². The Balaban J connectivity index is 1.93. The van der Waals surface area contributed by atoms with Crippen LogP contribution in [0, 0.1) is 24.1 Å². The SMILES string of the molecule is Cc1ccc(C(=O)OCC(=O)Nc2ccccc2SCC#N)cc1F. The summed E-state index contributed by atoms with van der Waals surface area (Å²) in [5.41, 5.74) is 0.992. The Kier molecular flexibility index (Phi) is 6.54. The molecular formula is C18H15FN2O3S. The van der Waals surface area contributed by atoms with Gasteiger partial charge in [0.25, 0.3) is 5.91 Å². The first-order valence-electron chi connectivity index (χ1n) is 7.33. The maximum absolute atomic E-state index is 13.5. The molecule has 0 bridgehead atoms. The Morgan fingerprint density at radius 2 is 2.04 bits per heavy atom. The Morgan fingerprint density at radius 1 is 1.28 bits per heavy atom. The Bertz CT molecular complexity index is 833. The standard InChI is InChI=1S/C18H15FN2O3S/c1-12-6-7-13(10-14(12)19)18(23)24-11-17(22)21-15-4-2-3-5-16(15)25-9-8-20/h2-7,10H,9,11H2,1H3,(H,21,22). The number of nitrogens with zero attached hydrogens (tertiary/aromatic N) is 1. The number of rotatable bonds is 6. The number of thioether (sulfide) groups is 1. The van der Waals surface area contributed by atoms with Gasteiger partial charge in [-0.15, -0.1) is 11.8 Å². The molecule has 2 rings (SSSR count). The van der Waals surface area contributed by atoms with Gasteiger partial charge in [-0.3, -0.25) is 4.79 Å². The summed E-state index contributed by atoms with van der Waals surface area (Å²) in [5, 5.41) is 11.3. The van der Waals surface area contributed by atoms with E-state index in [2.05, 4.69) is 5.32 Å². The second-order valence-electron chi connectivity index (χ2n) is 5.03. The molecule has 0 unspecified atom stereocenters. The van der Waals surface area contributed by atoms with E-state index in [4.69, 9.17) is 10.00 Å². The topological polar surface area (TPSA) is 79.2 Å². The van der Waals surface area contributed by atoms with Crippen molar-refractivity contribution in [3.8, 4) is 6.07 Å². The summed E-state index contributed by atoms with van der Waals surface area (Å²) in [7, 11) is 0. The van der Waals surface area contributed by atoms with Crippen molar-refractivity contribution < 1.29 is 18.7 Å². The smallest absolute Gasteiger partial charge is 0.338 e. The van der Waals surface area contributed by atoms with Crippen LogP contribution in [0.3, 0.4) is 0 Å². The van der Waals surface area contributed by atoms with Crippen molar-refractivity contribution in [1.29, 1.82) is 5.26 Å². The molecular weight excluding hydrogens is 343 g/mol. The van der Waals surface area contributed by atoms with E-state index < -0.39 is 24.3 Å². The van der Waals surface area contributed by atoms with E-state index in [-0.39, 0.29) is 11.3 Å². The third-order valence-corrected chi connectivity index (χ3v) is 4.14. The summed E-state index contributed by atoms with van der Waals surface area (Å²) in [6.45, 7) is 1.09. The molecule has 7 heteroatoms. The van der Waals surface area contributed by atoms with Gasteiger partial charge in [0.2, 0.25) is 0 Å². The number of para-hydroxylation sites is 1. The number of carbonyl (C=O) groups excluding carboxylic acids is 2. The summed E-state index contributed by atoms with van der Waals surface area (Å²) >= 11 is 1.29. The third kappa shape index (κ3) is 5.33. The van der Waals surface area contributed by atoms with Crippen molar-refractivity contribution in [3.63, 3.8) is 0 Å². The van der Waals surface area contributed by atoms with Crippen LogP contribution >= 0.6 is 11.8 Å². The van der Waals surface area contributed by atoms with E-state index >= 15 is 0 Å². The zero-order valence-electron chi connectivity index (χ0n) is 13.4. The van der Waals surface area contributed by atoms with Gasteiger partial charge in [-0.1, -0.05) is 18.2 Å². The number of nitriles is 1. The van der Waals surface area contributed by atoms with Crippen molar-refractivity contribution in [1.82, 2.24) is 0 Å². The zero-order chi connectivity index (χ0) is 18.2. The Morgan fingerprint density at radius 3 is 2.76 bits per heavy atom. The molecule has 0 aliphatic heterocycles. The molecule has 0 aliphatic carbocycles. The number of amides is 1. The lowest BCUT2D eigenvalue weighted by atomic mass is 10.1. The molecule has 0 saturated heterocycles. The molecule has 2 aromatic rings. The number of esters is 1. The highest BCUT2D eigenvalue weighted by atomic mass is 32.2. The molecule has 25 heavy (non-hydrogen) atoms. The van der Waals surface area contributed by atoms with E-state index in [1.165, 1.54) is 23.9 Å². The Hall–Kier alpha value is -2.85. The fraction of sp³-hybridized carbons (Fsp3) is 0.167. The normalized spacial score (nSPS) is 9.96. The number of ether oxygens (including phenoxy) is 1. The van der Waals surface area contributed by atoms with Crippen molar-refractivity contribution in [2.45, 2.75) is 11.8 Å². The molecule has 0 aliphatic rings. The molecule has 0 radical (unpaired) electrons. The van der Waals surface area contributed by atoms with Crippen LogP contribution in [0.4, 0.5) is 10.1 Å². The summed E-state index contributed by atoms with van der Waals surface area (Å²) < 4.78 is 18.4. The molecule has 2 aromatic carbocycles. The number of anilines is 1. The average Bonchev–Trinajstić information content (AvgIpc) is 2.61. The summed E-state index contributed by atoms with van der Waals surface area (Å²) in [4.78, 5) is 24.6. The van der Waals surface area contributed by atoms with Gasteiger partial charge >= 0.3 is 5.97 Å². The van der Waals surface area contributed by atoms with Crippen LogP contribution in [0.25, 0.3) is 0 Å². The van der Waals surface area contributed by atoms with E-state index in [9.17, 15) is 14.0 Å². The van der Waals surface area contributed by atoms with Crippen LogP contribution in [0.5, 0.6) is 0 Å². The summed E-state index contributed by atoms with van der Waals surface area (Å²) in [5.74, 6) is -1.56. The zero-order valence-corrected chi connectivity index (χ0v) is 14.2. The van der Waals surface area contributed by atoms with Crippen molar-refractivity contribution in [2.24, 2.45) is 0 Å². The number of aryl methyl sites for hydroxylation is 1. The van der Waals surface area contributed by atoms with E-state index in [1.54, 1.807) is 31.2 Å². The molecule has 1 amide bonds. The first-order chi connectivity index (χ1) is 12.0. The molecule has 0 fully saturated rings. The second kappa shape index (κ2) is 8.85. The first kappa shape index (κ1) is 18.5. The van der Waals surface area contributed by atoms with Crippen molar-refractivity contribution in [3.05, 3.63) is 59.4 Å². The van der Waals surface area contributed by atoms with Crippen LogP contribution in [0.2, 0.25) is 0 Å². The van der Waals surface area contributed by atoms with E-state index in [1.807, 2.05) is 6.07 Å². The molecule has 0 saturated carbocycles. The monoisotopic (exact) mass is 358 g/mol. The molecule has 0 spiro atoms. The van der Waals surface area contributed by atoms with Gasteiger partial charge in [-0.05, 0) is 36.8 Å². The van der Waals surface area contributed by atoms with Crippen LogP contribution in [0.15, 0.2) is 47.4 Å². The van der Waals surface area contributed by atoms with Gasteiger partial charge < -0.3 is 10.1 Å². The minimum atomic E-state index is -0.777. The lowest BCUT2D eigenvalue weighted by Crippen LogP contribution is -2.21. The average molecular weight is 358 g/mol. The van der Waals surface area contributed by atoms with Crippen molar-refractivity contribution in [2.75, 3.05) is 17.7 Å². The largest absolute Gasteiger partial charge is 0.452 e. The highest BCUT2D eigenvalue weighted by Crippen LogP contribution is 2.26. The molecule has 0 aromatic heterocycles. The number of benzene rings is 2. The van der Waals surface area contributed by atoms with E-state index in [0.717, 1.165) is 11.0 Å². The number of hydrogen-bond acceptors (Lipinski definition) is 5. The lowest BCUT2D eigenvalue weighted by molar-refractivity contribution is -0.119. The maximum Gasteiger partial charge on any atom is 0.338 e. The van der Waals surface area contributed by atoms with E-state index in [0.29, 0.717) is 11.3 Å². The fourth-order valence-corrected chi connectivity index (χ4v) is 2.60. The maximum atomic E-state index is 13.5. The van der Waals surface area contributed by atoms with Gasteiger partial charge in [-0.25, -0.2) is 9.18 Å². The fourth-order valence-electron chi connectivity index (χ4n) is 1.93. The molecule has 128 valence electrons. The van der Waals surface area contributed by atoms with Crippen LogP contribution < -0.4 is 5.32 Å². The molecule has 5 nitrogen and oxygen atoms in total. The van der Waals surface area contributed by atoms with Crippen LogP contribution in [0.1, 0.15) is 15.9 Å². The predicted octanol–water partition coefficient (Wildman–Crippen LogP) is 3.55. The summed E-state index contributed by atoms with van der Waals surface area (Å²) in [6.07, 6.45) is 0. The minimum Gasteiger partial charge on any atom is -0.452 e. The first-order valence-corrected chi connectivity index (χ1v) is 8.31. The van der Waals surface area contributed by atoms with Crippen molar-refractivity contribution >= 4 is 29.3 Å². The van der Waals surface area contributed by atoms with Gasteiger partial charge in [0.1, 0.15) is 5.82 Å². The quantitative estimate of drug-likeness (QED) is 0.631. The number of nitrogens with one attached hydrogen (secondary N) is 1. The van der Waals surface area contributed by atoms with Crippen LogP contribution in [-0.4, -0.2) is 24.2 Å². The number of carbonyl (C=O) groups is 2. The van der Waals surface area contributed by atoms with Gasteiger partial charge in [0.05, 0.1) is 23.1 Å². The van der Waals surface area contributed by atoms with Crippen LogP contribution in [-0.2, 0) is 9.53 Å². The van der Waals surface area contributed by atoms with Gasteiger partial charge in [0.15, 0.2) is 6.61 Å². The number of hydrogen-bond donors (Lipinski definition) is 1. The van der Waals surface area contributed by atoms with Gasteiger partial charge in [0, 0.05) is 4.90 Å². The summed E-state index contributed by atoms with van der Waals surface area (Å²) in [6, 6.07) is 13.0. The highest BCUT2D eigenvalue weighted by molar-refractivity contribution is 7.99. The highest BCUT2D eigenvalue weighted by Gasteiger charge is 2.13. The lowest BCUT2D eigenvalue weighted by Gasteiger charge is -2.10. The molecule has 0 heterocycles. The predicted molar refractivity (Wildman–Crippen MR) is 92.8 cm³/mol.